The summed E-state index contributed by atoms with van der Waals surface area (Å²) in [4.78, 5) is 0. The number of nitrogens with zero attached hydrogens (tertiary/aromatic N) is 2. The molecule has 0 radical (unpaired) electrons. The minimum Gasteiger partial charge on any atom is -1.00 e. The molecule has 0 aliphatic heterocycles. The Hall–Kier alpha value is -3.66. The lowest BCUT2D eigenvalue weighted by Crippen LogP contribution is -3.00. The number of hydrogen-bond donors (Lipinski definition) is 0. The van der Waals surface area contributed by atoms with E-state index in [0.29, 0.717) is 0 Å². The van der Waals surface area contributed by atoms with Crippen LogP contribution in [0.4, 0.5) is 0 Å². The summed E-state index contributed by atoms with van der Waals surface area (Å²) < 4.78 is 10.2. The van der Waals surface area contributed by atoms with Gasteiger partial charge < -0.3 is 29.6 Å². The molecule has 0 saturated heterocycles. The van der Waals surface area contributed by atoms with Crippen LogP contribution in [-0.4, -0.2) is 0 Å². The van der Waals surface area contributed by atoms with Crippen molar-refractivity contribution in [1.29, 1.82) is 0 Å². The molecule has 3 nitrogen and oxygen atoms in total. The van der Waals surface area contributed by atoms with Gasteiger partial charge in [-0.2, -0.15) is 4.57 Å². The van der Waals surface area contributed by atoms with Crippen molar-refractivity contribution in [3.63, 3.8) is 0 Å². The van der Waals surface area contributed by atoms with Gasteiger partial charge in [-0.3, -0.25) is 0 Å². The summed E-state index contributed by atoms with van der Waals surface area (Å²) in [6.45, 7) is 0.875. The van der Waals surface area contributed by atoms with E-state index >= 15 is 0 Å². The molecule has 2 aromatic heterocycles. The lowest BCUT2D eigenvalue weighted by Gasteiger charge is -2.05. The summed E-state index contributed by atoms with van der Waals surface area (Å²) in [6, 6.07) is 37.1. The summed E-state index contributed by atoms with van der Waals surface area (Å²) in [5.74, 6) is 1.66. The van der Waals surface area contributed by atoms with Crippen molar-refractivity contribution in [3.8, 4) is 28.3 Å². The Morgan fingerprint density at radius 3 is 1.59 bits per heavy atom. The van der Waals surface area contributed by atoms with E-state index in [2.05, 4.69) is 94.6 Å². The van der Waals surface area contributed by atoms with Crippen LogP contribution in [0.5, 0.6) is 11.5 Å². The van der Waals surface area contributed by atoms with Gasteiger partial charge in [0, 0.05) is 42.0 Å². The third-order valence-corrected chi connectivity index (χ3v) is 5.38. The monoisotopic (exact) mass is 486 g/mol. The smallest absolute Gasteiger partial charge is 0.210 e. The molecule has 0 saturated carbocycles. The highest BCUT2D eigenvalue weighted by Gasteiger charge is 2.09. The third-order valence-electron chi connectivity index (χ3n) is 5.38. The molecule has 3 aromatic carbocycles. The second kappa shape index (κ2) is 12.0. The van der Waals surface area contributed by atoms with Crippen molar-refractivity contribution in [2.45, 2.75) is 6.54 Å². The Morgan fingerprint density at radius 2 is 1.00 bits per heavy atom. The van der Waals surface area contributed by atoms with Gasteiger partial charge in [-0.1, -0.05) is 48.5 Å². The standard InChI is InChI=1S/C29H24N2O.2ClH/c1-3-7-24(8-4-1)23-30-19-15-25(16-20-30)26-17-21-31(22-18-26)27-11-13-29(14-12-27)32-28-9-5-2-6-10-28;;/h1-22H,23H2;2*1H/q+2;;/p-2. The average molecular weight is 487 g/mol. The number of para-hydroxylation sites is 1. The maximum absolute atomic E-state index is 5.88. The molecule has 0 bridgehead atoms. The second-order valence-corrected chi connectivity index (χ2v) is 7.65. The Morgan fingerprint density at radius 1 is 0.500 bits per heavy atom. The highest BCUT2D eigenvalue weighted by Crippen LogP contribution is 2.21. The molecule has 0 unspecified atom stereocenters. The van der Waals surface area contributed by atoms with Gasteiger partial charge in [-0.15, -0.1) is 0 Å². The Labute approximate surface area is 212 Å². The quantitative estimate of drug-likeness (QED) is 0.303. The van der Waals surface area contributed by atoms with E-state index in [-0.39, 0.29) is 24.8 Å². The third kappa shape index (κ3) is 6.22. The van der Waals surface area contributed by atoms with E-state index in [1.807, 2.05) is 48.5 Å². The number of pyridine rings is 2. The van der Waals surface area contributed by atoms with E-state index < -0.39 is 0 Å². The predicted molar refractivity (Wildman–Crippen MR) is 126 cm³/mol. The molecule has 5 heteroatoms. The zero-order valence-electron chi connectivity index (χ0n) is 18.5. The number of halogens is 2. The number of aromatic nitrogens is 2. The first kappa shape index (κ1) is 25.0. The lowest BCUT2D eigenvalue weighted by molar-refractivity contribution is -0.688. The van der Waals surface area contributed by atoms with Crippen LogP contribution in [0.25, 0.3) is 16.8 Å². The highest BCUT2D eigenvalue weighted by molar-refractivity contribution is 5.61. The van der Waals surface area contributed by atoms with Gasteiger partial charge in [0.1, 0.15) is 11.5 Å². The van der Waals surface area contributed by atoms with Gasteiger partial charge in [0.25, 0.3) is 0 Å². The Bertz CT molecular complexity index is 1170. The summed E-state index contributed by atoms with van der Waals surface area (Å²) >= 11 is 0. The predicted octanol–water partition coefficient (Wildman–Crippen LogP) is -0.234. The zero-order valence-corrected chi connectivity index (χ0v) is 20.0. The fourth-order valence-corrected chi connectivity index (χ4v) is 3.65. The Balaban J connectivity index is 0.00000162. The van der Waals surface area contributed by atoms with Crippen LogP contribution in [0.15, 0.2) is 134 Å². The maximum atomic E-state index is 5.88. The number of ether oxygens (including phenoxy) is 1. The normalized spacial score (nSPS) is 10.0. The van der Waals surface area contributed by atoms with Crippen molar-refractivity contribution in [3.05, 3.63) is 140 Å². The fourth-order valence-electron chi connectivity index (χ4n) is 3.65. The summed E-state index contributed by atoms with van der Waals surface area (Å²) in [5, 5.41) is 0. The topological polar surface area (TPSA) is 17.0 Å². The van der Waals surface area contributed by atoms with Crippen molar-refractivity contribution >= 4 is 0 Å². The molecular weight excluding hydrogens is 463 g/mol. The molecule has 0 amide bonds. The van der Waals surface area contributed by atoms with Crippen LogP contribution < -0.4 is 38.7 Å². The molecule has 5 aromatic rings. The number of rotatable bonds is 6. The van der Waals surface area contributed by atoms with Crippen LogP contribution in [-0.2, 0) is 6.54 Å². The summed E-state index contributed by atoms with van der Waals surface area (Å²) in [5.41, 5.74) is 4.78. The first-order valence-corrected chi connectivity index (χ1v) is 10.7. The van der Waals surface area contributed by atoms with E-state index in [9.17, 15) is 0 Å². The van der Waals surface area contributed by atoms with E-state index in [4.69, 9.17) is 4.74 Å². The maximum Gasteiger partial charge on any atom is 0.210 e. The second-order valence-electron chi connectivity index (χ2n) is 7.65. The first-order valence-electron chi connectivity index (χ1n) is 10.7. The average Bonchev–Trinajstić information content (AvgIpc) is 2.86. The Kier molecular flexibility index (Phi) is 8.80. The highest BCUT2D eigenvalue weighted by atomic mass is 35.5. The number of benzene rings is 3. The molecule has 34 heavy (non-hydrogen) atoms. The minimum absolute atomic E-state index is 0. The van der Waals surface area contributed by atoms with Gasteiger partial charge in [-0.25, -0.2) is 4.57 Å². The SMILES string of the molecule is [Cl-].[Cl-].c1ccc(C[n+]2ccc(-c3cc[n+](-c4ccc(Oc5ccccc5)cc4)cc3)cc2)cc1. The van der Waals surface area contributed by atoms with Crippen LogP contribution in [0.3, 0.4) is 0 Å². The van der Waals surface area contributed by atoms with Crippen LogP contribution in [0.1, 0.15) is 5.56 Å². The van der Waals surface area contributed by atoms with Gasteiger partial charge in [0.15, 0.2) is 31.3 Å². The van der Waals surface area contributed by atoms with Crippen molar-refractivity contribution < 1.29 is 38.7 Å². The molecule has 0 fully saturated rings. The van der Waals surface area contributed by atoms with E-state index in [1.54, 1.807) is 0 Å². The van der Waals surface area contributed by atoms with Crippen molar-refractivity contribution in [2.75, 3.05) is 0 Å². The van der Waals surface area contributed by atoms with Crippen LogP contribution in [0.2, 0.25) is 0 Å². The van der Waals surface area contributed by atoms with E-state index in [1.165, 1.54) is 16.7 Å². The largest absolute Gasteiger partial charge is 1.00 e. The van der Waals surface area contributed by atoms with Crippen LogP contribution >= 0.6 is 0 Å². The molecule has 0 N–H and O–H groups in total. The molecule has 2 heterocycles. The molecule has 0 atom stereocenters. The summed E-state index contributed by atoms with van der Waals surface area (Å²) in [6.07, 6.45) is 8.45. The lowest BCUT2D eigenvalue weighted by atomic mass is 10.1. The molecule has 5 rings (SSSR count). The summed E-state index contributed by atoms with van der Waals surface area (Å²) in [7, 11) is 0. The molecule has 0 spiro atoms. The van der Waals surface area contributed by atoms with Crippen LogP contribution in [0, 0.1) is 0 Å². The van der Waals surface area contributed by atoms with Gasteiger partial charge in [0.2, 0.25) is 5.69 Å². The fraction of sp³-hybridized carbons (Fsp3) is 0.0345. The molecular formula is C29H24Cl2N2O. The molecule has 0 aliphatic rings. The molecule has 0 aliphatic carbocycles. The van der Waals surface area contributed by atoms with Gasteiger partial charge >= 0.3 is 0 Å². The number of hydrogen-bond acceptors (Lipinski definition) is 1. The minimum atomic E-state index is 0. The van der Waals surface area contributed by atoms with Crippen molar-refractivity contribution in [2.24, 2.45) is 0 Å². The zero-order chi connectivity index (χ0) is 21.6. The first-order chi connectivity index (χ1) is 15.8. The van der Waals surface area contributed by atoms with E-state index in [0.717, 1.165) is 23.7 Å². The van der Waals surface area contributed by atoms with Crippen molar-refractivity contribution in [1.82, 2.24) is 0 Å². The van der Waals surface area contributed by atoms with Gasteiger partial charge in [-0.05, 0) is 35.4 Å². The van der Waals surface area contributed by atoms with Gasteiger partial charge in [0.05, 0.1) is 0 Å². The molecule has 170 valence electrons.